The Bertz CT molecular complexity index is 365. The van der Waals surface area contributed by atoms with Crippen LogP contribution in [-0.4, -0.2) is 22.2 Å². The molecular formula is C12H23ClN4O. The maximum Gasteiger partial charge on any atom is 0.225 e. The minimum absolute atomic E-state index is 0. The van der Waals surface area contributed by atoms with Gasteiger partial charge in [-0.3, -0.25) is 9.48 Å². The Balaban J connectivity index is 0.00000289. The fourth-order valence-electron chi connectivity index (χ4n) is 1.72. The van der Waals surface area contributed by atoms with E-state index >= 15 is 0 Å². The van der Waals surface area contributed by atoms with Crippen LogP contribution in [0.1, 0.15) is 37.8 Å². The van der Waals surface area contributed by atoms with Crippen LogP contribution in [0.15, 0.2) is 6.07 Å². The molecule has 1 aromatic heterocycles. The van der Waals surface area contributed by atoms with Gasteiger partial charge in [0.2, 0.25) is 5.91 Å². The molecule has 0 saturated heterocycles. The Morgan fingerprint density at radius 1 is 1.39 bits per heavy atom. The molecule has 18 heavy (non-hydrogen) atoms. The van der Waals surface area contributed by atoms with E-state index in [0.717, 1.165) is 43.7 Å². The highest BCUT2D eigenvalue weighted by molar-refractivity contribution is 5.89. The molecule has 0 radical (unpaired) electrons. The molecule has 1 amide bonds. The number of carbonyl (C=O) groups is 1. The molecule has 0 saturated carbocycles. The topological polar surface area (TPSA) is 72.9 Å². The number of halogens is 1. The van der Waals surface area contributed by atoms with E-state index in [9.17, 15) is 4.79 Å². The summed E-state index contributed by atoms with van der Waals surface area (Å²) >= 11 is 0. The molecule has 0 fully saturated rings. The van der Waals surface area contributed by atoms with Crippen LogP contribution in [0.25, 0.3) is 0 Å². The molecule has 3 N–H and O–H groups in total. The summed E-state index contributed by atoms with van der Waals surface area (Å²) in [6.07, 6.45) is 4.70. The van der Waals surface area contributed by atoms with Crippen molar-refractivity contribution in [1.29, 1.82) is 0 Å². The number of nitrogens with one attached hydrogen (secondary N) is 1. The van der Waals surface area contributed by atoms with Crippen LogP contribution in [0, 0.1) is 6.92 Å². The second-order valence-corrected chi connectivity index (χ2v) is 4.30. The number of hydrogen-bond donors (Lipinski definition) is 2. The molecule has 5 nitrogen and oxygen atoms in total. The third-order valence-electron chi connectivity index (χ3n) is 2.63. The highest BCUT2D eigenvalue weighted by atomic mass is 35.5. The lowest BCUT2D eigenvalue weighted by atomic mass is 10.1. The summed E-state index contributed by atoms with van der Waals surface area (Å²) < 4.78 is 1.68. The summed E-state index contributed by atoms with van der Waals surface area (Å²) in [5, 5.41) is 7.03. The van der Waals surface area contributed by atoms with Gasteiger partial charge in [-0.2, -0.15) is 5.10 Å². The lowest BCUT2D eigenvalue weighted by Gasteiger charge is -2.04. The summed E-state index contributed by atoms with van der Waals surface area (Å²) in [6.45, 7) is 2.64. The molecule has 0 spiro atoms. The van der Waals surface area contributed by atoms with Gasteiger partial charge in [-0.05, 0) is 26.3 Å². The van der Waals surface area contributed by atoms with Crippen molar-refractivity contribution < 1.29 is 4.79 Å². The molecule has 104 valence electrons. The monoisotopic (exact) mass is 274 g/mol. The van der Waals surface area contributed by atoms with Crippen LogP contribution in [0.5, 0.6) is 0 Å². The molecule has 1 aromatic rings. The summed E-state index contributed by atoms with van der Waals surface area (Å²) in [6, 6.07) is 1.87. The van der Waals surface area contributed by atoms with Crippen molar-refractivity contribution in [1.82, 2.24) is 9.78 Å². The predicted octanol–water partition coefficient (Wildman–Crippen LogP) is 2.00. The maximum absolute atomic E-state index is 11.6. The number of nitrogens with two attached hydrogens (primary N) is 1. The van der Waals surface area contributed by atoms with E-state index in [1.807, 2.05) is 20.0 Å². The molecule has 6 heteroatoms. The molecule has 0 atom stereocenters. The maximum atomic E-state index is 11.6. The number of nitrogens with zero attached hydrogens (tertiary/aromatic N) is 2. The van der Waals surface area contributed by atoms with Crippen LogP contribution in [0.3, 0.4) is 0 Å². The molecular weight excluding hydrogens is 252 g/mol. The molecule has 0 unspecified atom stereocenters. The molecule has 0 aliphatic rings. The summed E-state index contributed by atoms with van der Waals surface area (Å²) in [4.78, 5) is 11.6. The van der Waals surface area contributed by atoms with E-state index in [2.05, 4.69) is 10.4 Å². The fourth-order valence-corrected chi connectivity index (χ4v) is 1.72. The Kier molecular flexibility index (Phi) is 8.41. The number of hydrogen-bond acceptors (Lipinski definition) is 3. The number of anilines is 1. The second-order valence-electron chi connectivity index (χ2n) is 4.30. The lowest BCUT2D eigenvalue weighted by Crippen LogP contribution is -2.13. The average Bonchev–Trinajstić information content (AvgIpc) is 2.57. The van der Waals surface area contributed by atoms with Crippen LogP contribution < -0.4 is 11.1 Å². The minimum atomic E-state index is 0. The number of amides is 1. The standard InChI is InChI=1S/C12H22N4O.ClH/c1-10-9-11(16(2)15-10)14-12(17)7-5-3-4-6-8-13;/h9H,3-8,13H2,1-2H3,(H,14,17);1H. The van der Waals surface area contributed by atoms with Crippen LogP contribution in [0.2, 0.25) is 0 Å². The molecule has 0 aliphatic heterocycles. The molecule has 0 aliphatic carbocycles. The third kappa shape index (κ3) is 6.02. The Hall–Kier alpha value is -1.07. The summed E-state index contributed by atoms with van der Waals surface area (Å²) in [5.74, 6) is 0.815. The van der Waals surface area contributed by atoms with E-state index < -0.39 is 0 Å². The van der Waals surface area contributed by atoms with E-state index in [0.29, 0.717) is 6.42 Å². The molecule has 0 aromatic carbocycles. The molecule has 1 rings (SSSR count). The first kappa shape index (κ1) is 16.9. The van der Waals surface area contributed by atoms with E-state index in [1.165, 1.54) is 0 Å². The Labute approximate surface area is 115 Å². The van der Waals surface area contributed by atoms with Crippen molar-refractivity contribution in [2.75, 3.05) is 11.9 Å². The zero-order valence-electron chi connectivity index (χ0n) is 11.1. The van der Waals surface area contributed by atoms with Gasteiger partial charge >= 0.3 is 0 Å². The first-order chi connectivity index (χ1) is 8.13. The van der Waals surface area contributed by atoms with E-state index in [4.69, 9.17) is 5.73 Å². The number of rotatable bonds is 7. The SMILES string of the molecule is Cc1cc(NC(=O)CCCCCCN)n(C)n1.Cl. The smallest absolute Gasteiger partial charge is 0.225 e. The summed E-state index contributed by atoms with van der Waals surface area (Å²) in [5.41, 5.74) is 6.31. The number of aryl methyl sites for hydroxylation is 2. The van der Waals surface area contributed by atoms with Gasteiger partial charge in [-0.15, -0.1) is 12.4 Å². The highest BCUT2D eigenvalue weighted by Gasteiger charge is 2.06. The second kappa shape index (κ2) is 8.94. The van der Waals surface area contributed by atoms with Gasteiger partial charge in [0, 0.05) is 19.5 Å². The largest absolute Gasteiger partial charge is 0.330 e. The first-order valence-electron chi connectivity index (χ1n) is 6.14. The van der Waals surface area contributed by atoms with Gasteiger partial charge in [0.25, 0.3) is 0 Å². The van der Waals surface area contributed by atoms with Crippen molar-refractivity contribution in [2.24, 2.45) is 12.8 Å². The number of unbranched alkanes of at least 4 members (excludes halogenated alkanes) is 3. The van der Waals surface area contributed by atoms with Crippen molar-refractivity contribution in [3.8, 4) is 0 Å². The zero-order valence-corrected chi connectivity index (χ0v) is 11.9. The van der Waals surface area contributed by atoms with E-state index in [1.54, 1.807) is 4.68 Å². The third-order valence-corrected chi connectivity index (χ3v) is 2.63. The van der Waals surface area contributed by atoms with Crippen molar-refractivity contribution >= 4 is 24.1 Å². The Morgan fingerprint density at radius 2 is 2.06 bits per heavy atom. The van der Waals surface area contributed by atoms with Gasteiger partial charge in [-0.1, -0.05) is 12.8 Å². The lowest BCUT2D eigenvalue weighted by molar-refractivity contribution is -0.116. The highest BCUT2D eigenvalue weighted by Crippen LogP contribution is 2.09. The average molecular weight is 275 g/mol. The zero-order chi connectivity index (χ0) is 12.7. The first-order valence-corrected chi connectivity index (χ1v) is 6.14. The van der Waals surface area contributed by atoms with Gasteiger partial charge in [-0.25, -0.2) is 0 Å². The van der Waals surface area contributed by atoms with Crippen LogP contribution >= 0.6 is 12.4 Å². The predicted molar refractivity (Wildman–Crippen MR) is 76.0 cm³/mol. The van der Waals surface area contributed by atoms with Gasteiger partial charge in [0.05, 0.1) is 5.69 Å². The van der Waals surface area contributed by atoms with Gasteiger partial charge < -0.3 is 11.1 Å². The molecule has 0 bridgehead atoms. The van der Waals surface area contributed by atoms with Gasteiger partial charge in [0.1, 0.15) is 5.82 Å². The van der Waals surface area contributed by atoms with Crippen LogP contribution in [0.4, 0.5) is 5.82 Å². The summed E-state index contributed by atoms with van der Waals surface area (Å²) in [7, 11) is 1.82. The number of carbonyl (C=O) groups excluding carboxylic acids is 1. The minimum Gasteiger partial charge on any atom is -0.330 e. The van der Waals surface area contributed by atoms with Crippen LogP contribution in [-0.2, 0) is 11.8 Å². The Morgan fingerprint density at radius 3 is 2.61 bits per heavy atom. The van der Waals surface area contributed by atoms with Crippen molar-refractivity contribution in [2.45, 2.75) is 39.0 Å². The normalized spacial score (nSPS) is 9.94. The van der Waals surface area contributed by atoms with Crippen molar-refractivity contribution in [3.05, 3.63) is 11.8 Å². The van der Waals surface area contributed by atoms with Gasteiger partial charge in [0.15, 0.2) is 0 Å². The fraction of sp³-hybridized carbons (Fsp3) is 0.667. The number of aromatic nitrogens is 2. The quantitative estimate of drug-likeness (QED) is 0.747. The van der Waals surface area contributed by atoms with Crippen molar-refractivity contribution in [3.63, 3.8) is 0 Å². The van der Waals surface area contributed by atoms with E-state index in [-0.39, 0.29) is 18.3 Å². The molecule has 1 heterocycles.